The van der Waals surface area contributed by atoms with Crippen molar-refractivity contribution in [3.05, 3.63) is 88.8 Å². The number of aromatic nitrogens is 1. The van der Waals surface area contributed by atoms with Crippen molar-refractivity contribution in [2.75, 3.05) is 16.3 Å². The summed E-state index contributed by atoms with van der Waals surface area (Å²) in [6.45, 7) is 0. The van der Waals surface area contributed by atoms with E-state index in [1.165, 1.54) is 34.9 Å². The van der Waals surface area contributed by atoms with Gasteiger partial charge in [-0.2, -0.15) is 0 Å². The van der Waals surface area contributed by atoms with Crippen molar-refractivity contribution in [2.24, 2.45) is 0 Å². The van der Waals surface area contributed by atoms with Crippen LogP contribution >= 0.6 is 0 Å². The van der Waals surface area contributed by atoms with Crippen LogP contribution in [0.4, 0.5) is 11.4 Å². The normalized spacial score (nSPS) is 11.0. The van der Waals surface area contributed by atoms with E-state index in [0.717, 1.165) is 6.26 Å². The van der Waals surface area contributed by atoms with Crippen molar-refractivity contribution < 1.29 is 13.2 Å². The quantitative estimate of drug-likeness (QED) is 0.707. The molecule has 0 unspecified atom stereocenters. The number of rotatable bonds is 5. The fraction of sp³-hybridized carbons (Fsp3) is 0.0526. The van der Waals surface area contributed by atoms with Gasteiger partial charge in [-0.25, -0.2) is 8.42 Å². The van der Waals surface area contributed by atoms with Crippen LogP contribution in [0.5, 0.6) is 0 Å². The molecule has 0 aliphatic carbocycles. The van der Waals surface area contributed by atoms with E-state index in [1.54, 1.807) is 42.6 Å². The number of carbonyl (C=O) groups is 1. The standard InChI is InChI=1S/C19H17N3O4S/c1-27(25,26)21-16-7-5-14(6-8-16)19(24)20-15-9-11-17(12-10-15)22-13-3-2-4-18(22)23/h2-13,21H,1H3,(H,20,24). The van der Waals surface area contributed by atoms with Crippen LogP contribution in [0.25, 0.3) is 5.69 Å². The molecular formula is C19H17N3O4S. The number of benzene rings is 2. The Morgan fingerprint density at radius 1 is 0.889 bits per heavy atom. The van der Waals surface area contributed by atoms with E-state index in [-0.39, 0.29) is 11.5 Å². The highest BCUT2D eigenvalue weighted by atomic mass is 32.2. The fourth-order valence-electron chi connectivity index (χ4n) is 2.45. The van der Waals surface area contributed by atoms with Crippen molar-refractivity contribution in [1.82, 2.24) is 4.57 Å². The molecule has 2 N–H and O–H groups in total. The van der Waals surface area contributed by atoms with Crippen LogP contribution in [0.1, 0.15) is 10.4 Å². The number of amides is 1. The van der Waals surface area contributed by atoms with Crippen LogP contribution in [-0.2, 0) is 10.0 Å². The summed E-state index contributed by atoms with van der Waals surface area (Å²) in [5.41, 5.74) is 1.89. The Hall–Kier alpha value is -3.39. The van der Waals surface area contributed by atoms with Gasteiger partial charge in [-0.1, -0.05) is 6.07 Å². The molecule has 2 aromatic carbocycles. The largest absolute Gasteiger partial charge is 0.322 e. The first-order valence-electron chi connectivity index (χ1n) is 7.99. The lowest BCUT2D eigenvalue weighted by Crippen LogP contribution is -2.16. The Morgan fingerprint density at radius 3 is 2.11 bits per heavy atom. The smallest absolute Gasteiger partial charge is 0.255 e. The molecule has 1 heterocycles. The first-order chi connectivity index (χ1) is 12.8. The lowest BCUT2D eigenvalue weighted by molar-refractivity contribution is 0.102. The highest BCUT2D eigenvalue weighted by molar-refractivity contribution is 7.92. The van der Waals surface area contributed by atoms with E-state index >= 15 is 0 Å². The van der Waals surface area contributed by atoms with Crippen LogP contribution in [0.3, 0.4) is 0 Å². The third-order valence-corrected chi connectivity index (χ3v) is 4.28. The molecule has 7 nitrogen and oxygen atoms in total. The summed E-state index contributed by atoms with van der Waals surface area (Å²) in [7, 11) is -3.36. The van der Waals surface area contributed by atoms with Crippen LogP contribution in [-0.4, -0.2) is 25.1 Å². The van der Waals surface area contributed by atoms with Crippen LogP contribution in [0.2, 0.25) is 0 Å². The van der Waals surface area contributed by atoms with Crippen LogP contribution < -0.4 is 15.6 Å². The van der Waals surface area contributed by atoms with Crippen molar-refractivity contribution >= 4 is 27.3 Å². The number of sulfonamides is 1. The van der Waals surface area contributed by atoms with E-state index in [2.05, 4.69) is 10.0 Å². The van der Waals surface area contributed by atoms with Crippen molar-refractivity contribution in [2.45, 2.75) is 0 Å². The Bertz CT molecular complexity index is 1120. The summed E-state index contributed by atoms with van der Waals surface area (Å²) in [4.78, 5) is 24.1. The van der Waals surface area contributed by atoms with Gasteiger partial charge >= 0.3 is 0 Å². The van der Waals surface area contributed by atoms with E-state index in [1.807, 2.05) is 0 Å². The molecule has 0 spiro atoms. The number of pyridine rings is 1. The highest BCUT2D eigenvalue weighted by Gasteiger charge is 2.08. The molecule has 0 fully saturated rings. The van der Waals surface area contributed by atoms with E-state index in [4.69, 9.17) is 0 Å². The SMILES string of the molecule is CS(=O)(=O)Nc1ccc(C(=O)Nc2ccc(-n3ccccc3=O)cc2)cc1. The lowest BCUT2D eigenvalue weighted by Gasteiger charge is -2.09. The van der Waals surface area contributed by atoms with Gasteiger partial charge in [0.05, 0.1) is 6.26 Å². The van der Waals surface area contributed by atoms with E-state index in [9.17, 15) is 18.0 Å². The number of hydrogen-bond acceptors (Lipinski definition) is 4. The first-order valence-corrected chi connectivity index (χ1v) is 9.88. The lowest BCUT2D eigenvalue weighted by atomic mass is 10.2. The first kappa shape index (κ1) is 18.4. The molecule has 8 heteroatoms. The van der Waals surface area contributed by atoms with Gasteiger partial charge in [0.2, 0.25) is 10.0 Å². The Morgan fingerprint density at radius 2 is 1.52 bits per heavy atom. The second kappa shape index (κ2) is 7.46. The summed E-state index contributed by atoms with van der Waals surface area (Å²) in [5, 5.41) is 2.75. The monoisotopic (exact) mass is 383 g/mol. The van der Waals surface area contributed by atoms with Crippen LogP contribution in [0, 0.1) is 0 Å². The number of hydrogen-bond donors (Lipinski definition) is 2. The predicted molar refractivity (Wildman–Crippen MR) is 105 cm³/mol. The molecule has 0 bridgehead atoms. The minimum Gasteiger partial charge on any atom is -0.322 e. The highest BCUT2D eigenvalue weighted by Crippen LogP contribution is 2.15. The minimum atomic E-state index is -3.36. The molecular weight excluding hydrogens is 366 g/mol. The number of anilines is 2. The number of nitrogens with one attached hydrogen (secondary N) is 2. The molecule has 138 valence electrons. The van der Waals surface area contributed by atoms with Gasteiger partial charge in [-0.15, -0.1) is 0 Å². The second-order valence-corrected chi connectivity index (χ2v) is 7.61. The van der Waals surface area contributed by atoms with Crippen molar-refractivity contribution in [3.63, 3.8) is 0 Å². The van der Waals surface area contributed by atoms with Crippen molar-refractivity contribution in [3.8, 4) is 5.69 Å². The summed E-state index contributed by atoms with van der Waals surface area (Å²) in [5.74, 6) is -0.328. The van der Waals surface area contributed by atoms with Crippen LogP contribution in [0.15, 0.2) is 77.7 Å². The molecule has 3 aromatic rings. The van der Waals surface area contributed by atoms with Gasteiger partial charge in [0.15, 0.2) is 0 Å². The Kier molecular flexibility index (Phi) is 5.09. The zero-order valence-electron chi connectivity index (χ0n) is 14.4. The van der Waals surface area contributed by atoms with Gasteiger partial charge in [0.25, 0.3) is 11.5 Å². The topological polar surface area (TPSA) is 97.3 Å². The number of carbonyl (C=O) groups excluding carboxylic acids is 1. The van der Waals surface area contributed by atoms with Gasteiger partial charge in [0.1, 0.15) is 0 Å². The summed E-state index contributed by atoms with van der Waals surface area (Å²) in [6, 6.07) is 17.9. The average molecular weight is 383 g/mol. The molecule has 27 heavy (non-hydrogen) atoms. The van der Waals surface area contributed by atoms with Crippen molar-refractivity contribution in [1.29, 1.82) is 0 Å². The Balaban J connectivity index is 1.71. The minimum absolute atomic E-state index is 0.142. The predicted octanol–water partition coefficient (Wildman–Crippen LogP) is 2.46. The molecule has 1 amide bonds. The maximum Gasteiger partial charge on any atom is 0.255 e. The summed E-state index contributed by atoms with van der Waals surface area (Å²) < 4.78 is 26.2. The van der Waals surface area contributed by atoms with Gasteiger partial charge in [-0.05, 0) is 54.6 Å². The molecule has 0 aliphatic rings. The summed E-state index contributed by atoms with van der Waals surface area (Å²) >= 11 is 0. The van der Waals surface area contributed by atoms with Gasteiger partial charge < -0.3 is 5.32 Å². The maximum absolute atomic E-state index is 12.3. The zero-order chi connectivity index (χ0) is 19.4. The summed E-state index contributed by atoms with van der Waals surface area (Å²) in [6.07, 6.45) is 2.73. The molecule has 0 atom stereocenters. The van der Waals surface area contributed by atoms with E-state index < -0.39 is 10.0 Å². The molecule has 0 radical (unpaired) electrons. The zero-order valence-corrected chi connectivity index (χ0v) is 15.2. The average Bonchev–Trinajstić information content (AvgIpc) is 2.62. The number of nitrogens with zero attached hydrogens (tertiary/aromatic N) is 1. The van der Waals surface area contributed by atoms with Gasteiger partial charge in [0, 0.05) is 34.9 Å². The molecule has 0 aliphatic heterocycles. The maximum atomic E-state index is 12.3. The van der Waals surface area contributed by atoms with Gasteiger partial charge in [-0.3, -0.25) is 18.9 Å². The Labute approximate surface area is 156 Å². The molecule has 0 saturated heterocycles. The third-order valence-electron chi connectivity index (χ3n) is 3.68. The third kappa shape index (κ3) is 4.83. The second-order valence-electron chi connectivity index (χ2n) is 5.86. The molecule has 3 rings (SSSR count). The molecule has 0 saturated carbocycles. The fourth-order valence-corrected chi connectivity index (χ4v) is 3.02. The molecule has 1 aromatic heterocycles. The van der Waals surface area contributed by atoms with E-state index in [0.29, 0.717) is 22.6 Å².